The first-order chi connectivity index (χ1) is 11.7. The molecule has 0 N–H and O–H groups in total. The van der Waals surface area contributed by atoms with Crippen molar-refractivity contribution in [2.45, 2.75) is 17.7 Å². The summed E-state index contributed by atoms with van der Waals surface area (Å²) in [5, 5.41) is 3.89. The van der Waals surface area contributed by atoms with Gasteiger partial charge in [-0.15, -0.1) is 34.4 Å². The highest BCUT2D eigenvalue weighted by Gasteiger charge is 2.47. The number of hydrogen-bond donors (Lipinski definition) is 0. The van der Waals surface area contributed by atoms with E-state index in [0.29, 0.717) is 0 Å². The molecule has 7 heteroatoms. The Hall–Kier alpha value is -1.31. The number of thiophene rings is 2. The summed E-state index contributed by atoms with van der Waals surface area (Å²) in [5.74, 6) is 1.25. The van der Waals surface area contributed by atoms with Gasteiger partial charge in [-0.25, -0.2) is 0 Å². The highest BCUT2D eigenvalue weighted by Crippen LogP contribution is 2.45. The third-order valence-electron chi connectivity index (χ3n) is 4.72. The quantitative estimate of drug-likeness (QED) is 0.801. The van der Waals surface area contributed by atoms with Crippen molar-refractivity contribution in [1.29, 1.82) is 0 Å². The number of carbonyl (C=O) groups is 2. The fraction of sp³-hybridized carbons (Fsp3) is 0.412. The number of rotatable bonds is 2. The van der Waals surface area contributed by atoms with Crippen molar-refractivity contribution in [3.63, 3.8) is 0 Å². The van der Waals surface area contributed by atoms with Gasteiger partial charge in [-0.3, -0.25) is 9.59 Å². The molecule has 126 valence electrons. The number of piperidine rings is 1. The van der Waals surface area contributed by atoms with Crippen molar-refractivity contribution in [2.24, 2.45) is 0 Å². The third kappa shape index (κ3) is 2.78. The van der Waals surface area contributed by atoms with Crippen LogP contribution in [0.2, 0.25) is 0 Å². The molecular formula is C17H18N2O2S3. The zero-order chi connectivity index (χ0) is 16.6. The third-order valence-corrected chi connectivity index (χ3v) is 7.99. The van der Waals surface area contributed by atoms with Crippen molar-refractivity contribution in [3.8, 4) is 0 Å². The van der Waals surface area contributed by atoms with E-state index in [1.807, 2.05) is 51.7 Å². The molecule has 2 aromatic rings. The second-order valence-electron chi connectivity index (χ2n) is 6.00. The van der Waals surface area contributed by atoms with Gasteiger partial charge in [0, 0.05) is 25.4 Å². The van der Waals surface area contributed by atoms with Gasteiger partial charge in [-0.1, -0.05) is 12.1 Å². The van der Waals surface area contributed by atoms with Crippen LogP contribution < -0.4 is 0 Å². The van der Waals surface area contributed by atoms with E-state index in [4.69, 9.17) is 0 Å². The summed E-state index contributed by atoms with van der Waals surface area (Å²) in [5.41, 5.74) is 0. The maximum Gasteiger partial charge on any atom is 0.265 e. The van der Waals surface area contributed by atoms with Crippen molar-refractivity contribution in [3.05, 3.63) is 44.8 Å². The van der Waals surface area contributed by atoms with E-state index in [-0.39, 0.29) is 16.7 Å². The van der Waals surface area contributed by atoms with Crippen LogP contribution in [0.3, 0.4) is 0 Å². The van der Waals surface area contributed by atoms with Crippen LogP contribution in [0, 0.1) is 0 Å². The van der Waals surface area contributed by atoms with Gasteiger partial charge in [0.15, 0.2) is 0 Å². The second-order valence-corrected chi connectivity index (χ2v) is 9.35. The molecule has 0 saturated carbocycles. The van der Waals surface area contributed by atoms with Gasteiger partial charge in [-0.05, 0) is 35.7 Å². The number of likely N-dealkylation sites (tertiary alicyclic amines) is 1. The number of nitrogens with zero attached hydrogens (tertiary/aromatic N) is 2. The van der Waals surface area contributed by atoms with E-state index in [9.17, 15) is 9.59 Å². The van der Waals surface area contributed by atoms with Crippen molar-refractivity contribution in [1.82, 2.24) is 9.80 Å². The van der Waals surface area contributed by atoms with Crippen LogP contribution in [-0.4, -0.2) is 51.9 Å². The highest BCUT2D eigenvalue weighted by molar-refractivity contribution is 8.00. The Labute approximate surface area is 153 Å². The van der Waals surface area contributed by atoms with Crippen LogP contribution in [0.5, 0.6) is 0 Å². The second kappa shape index (κ2) is 6.54. The monoisotopic (exact) mass is 378 g/mol. The summed E-state index contributed by atoms with van der Waals surface area (Å²) < 4.78 is 0. The molecule has 4 rings (SSSR count). The average Bonchev–Trinajstić information content (AvgIpc) is 3.36. The minimum Gasteiger partial charge on any atom is -0.338 e. The standard InChI is InChI=1S/C17H18N2O2S3/c20-15(13-3-1-10-22-13)18-7-5-17(6-8-18)19(9-12-24-17)16(21)14-4-2-11-23-14/h1-4,10-11H,5-9,12H2. The molecule has 0 radical (unpaired) electrons. The minimum absolute atomic E-state index is 0.124. The normalized spacial score (nSPS) is 19.8. The molecule has 2 saturated heterocycles. The molecule has 2 aromatic heterocycles. The lowest BCUT2D eigenvalue weighted by Crippen LogP contribution is -2.53. The first-order valence-corrected chi connectivity index (χ1v) is 10.8. The molecule has 0 aromatic carbocycles. The van der Waals surface area contributed by atoms with E-state index in [1.165, 1.54) is 22.7 Å². The highest BCUT2D eigenvalue weighted by atomic mass is 32.2. The van der Waals surface area contributed by atoms with Gasteiger partial charge < -0.3 is 9.80 Å². The lowest BCUT2D eigenvalue weighted by Gasteiger charge is -2.43. The fourth-order valence-electron chi connectivity index (χ4n) is 3.46. The molecule has 0 bridgehead atoms. The van der Waals surface area contributed by atoms with Crippen LogP contribution in [-0.2, 0) is 0 Å². The Balaban J connectivity index is 1.47. The van der Waals surface area contributed by atoms with Crippen LogP contribution in [0.4, 0.5) is 0 Å². The zero-order valence-corrected chi connectivity index (χ0v) is 15.6. The maximum atomic E-state index is 12.8. The number of thioether (sulfide) groups is 1. The summed E-state index contributed by atoms with van der Waals surface area (Å²) in [6.07, 6.45) is 1.71. The van der Waals surface area contributed by atoms with Gasteiger partial charge >= 0.3 is 0 Å². The van der Waals surface area contributed by atoms with Gasteiger partial charge in [0.1, 0.15) is 0 Å². The molecule has 4 heterocycles. The number of hydrogen-bond acceptors (Lipinski definition) is 5. The fourth-order valence-corrected chi connectivity index (χ4v) is 6.28. The maximum absolute atomic E-state index is 12.8. The molecule has 0 aliphatic carbocycles. The number of amides is 2. The Bertz CT molecular complexity index is 719. The topological polar surface area (TPSA) is 40.6 Å². The summed E-state index contributed by atoms with van der Waals surface area (Å²) in [7, 11) is 0. The molecular weight excluding hydrogens is 360 g/mol. The molecule has 4 nitrogen and oxygen atoms in total. The first kappa shape index (κ1) is 16.2. The summed E-state index contributed by atoms with van der Waals surface area (Å²) in [6.45, 7) is 2.25. The molecule has 0 unspecified atom stereocenters. The first-order valence-electron chi connectivity index (χ1n) is 8.02. The minimum atomic E-state index is -0.132. The van der Waals surface area contributed by atoms with Crippen molar-refractivity contribution in [2.75, 3.05) is 25.4 Å². The van der Waals surface area contributed by atoms with Gasteiger partial charge in [0.2, 0.25) is 0 Å². The van der Waals surface area contributed by atoms with E-state index in [1.54, 1.807) is 0 Å². The number of carbonyl (C=O) groups excluding carboxylic acids is 2. The van der Waals surface area contributed by atoms with Crippen LogP contribution in [0.15, 0.2) is 35.0 Å². The Morgan fingerprint density at radius 1 is 0.917 bits per heavy atom. The van der Waals surface area contributed by atoms with Gasteiger partial charge in [-0.2, -0.15) is 0 Å². The molecule has 2 aliphatic heterocycles. The lowest BCUT2D eigenvalue weighted by molar-refractivity contribution is 0.0503. The van der Waals surface area contributed by atoms with Crippen LogP contribution in [0.25, 0.3) is 0 Å². The lowest BCUT2D eigenvalue weighted by atomic mass is 10.0. The Morgan fingerprint density at radius 3 is 2.12 bits per heavy atom. The van der Waals surface area contributed by atoms with Crippen LogP contribution in [0.1, 0.15) is 32.2 Å². The van der Waals surface area contributed by atoms with Crippen molar-refractivity contribution >= 4 is 46.2 Å². The average molecular weight is 379 g/mol. The van der Waals surface area contributed by atoms with E-state index < -0.39 is 0 Å². The molecule has 0 atom stereocenters. The summed E-state index contributed by atoms with van der Waals surface area (Å²) in [4.78, 5) is 30.8. The predicted molar refractivity (Wildman–Crippen MR) is 100 cm³/mol. The van der Waals surface area contributed by atoms with Gasteiger partial charge in [0.05, 0.1) is 14.6 Å². The van der Waals surface area contributed by atoms with Crippen molar-refractivity contribution < 1.29 is 9.59 Å². The van der Waals surface area contributed by atoms with E-state index >= 15 is 0 Å². The molecule has 1 spiro atoms. The summed E-state index contributed by atoms with van der Waals surface area (Å²) >= 11 is 4.88. The molecule has 24 heavy (non-hydrogen) atoms. The Kier molecular flexibility index (Phi) is 4.40. The van der Waals surface area contributed by atoms with Crippen LogP contribution >= 0.6 is 34.4 Å². The molecule has 2 aliphatic rings. The zero-order valence-electron chi connectivity index (χ0n) is 13.1. The van der Waals surface area contributed by atoms with Gasteiger partial charge in [0.25, 0.3) is 11.8 Å². The molecule has 2 fully saturated rings. The largest absolute Gasteiger partial charge is 0.338 e. The van der Waals surface area contributed by atoms with E-state index in [0.717, 1.165) is 48.0 Å². The Morgan fingerprint density at radius 2 is 1.54 bits per heavy atom. The van der Waals surface area contributed by atoms with E-state index in [2.05, 4.69) is 4.90 Å². The predicted octanol–water partition coefficient (Wildman–Crippen LogP) is 3.63. The smallest absolute Gasteiger partial charge is 0.265 e. The molecule has 2 amide bonds. The SMILES string of the molecule is O=C(c1cccs1)N1CCC2(CC1)SCCN2C(=O)c1cccs1. The summed E-state index contributed by atoms with van der Waals surface area (Å²) in [6, 6.07) is 7.63.